The van der Waals surface area contributed by atoms with E-state index in [4.69, 9.17) is 0 Å². The molecule has 0 spiro atoms. The Hall–Kier alpha value is -1.93. The van der Waals surface area contributed by atoms with Crippen LogP contribution in [-0.2, 0) is 12.8 Å². The molecule has 0 unspecified atom stereocenters. The monoisotopic (exact) mass is 279 g/mol. The van der Waals surface area contributed by atoms with Crippen molar-refractivity contribution in [3.05, 3.63) is 71.3 Å². The molecule has 1 aliphatic rings. The highest BCUT2D eigenvalue weighted by molar-refractivity contribution is 5.96. The predicted molar refractivity (Wildman–Crippen MR) is 85.7 cm³/mol. The maximum atomic E-state index is 12.2. The van der Waals surface area contributed by atoms with Gasteiger partial charge >= 0.3 is 0 Å². The van der Waals surface area contributed by atoms with Gasteiger partial charge in [-0.2, -0.15) is 0 Å². The second-order valence-electron chi connectivity index (χ2n) is 5.65. The molecule has 3 rings (SSSR count). The fourth-order valence-electron chi connectivity index (χ4n) is 2.97. The van der Waals surface area contributed by atoms with Gasteiger partial charge < -0.3 is 4.90 Å². The molecule has 108 valence electrons. The van der Waals surface area contributed by atoms with Crippen LogP contribution in [0.4, 0.5) is 0 Å². The van der Waals surface area contributed by atoms with Gasteiger partial charge in [-0.25, -0.2) is 0 Å². The van der Waals surface area contributed by atoms with E-state index in [2.05, 4.69) is 29.2 Å². The summed E-state index contributed by atoms with van der Waals surface area (Å²) in [5, 5.41) is 0. The van der Waals surface area contributed by atoms with Crippen LogP contribution in [0.1, 0.15) is 27.9 Å². The number of benzene rings is 2. The second kappa shape index (κ2) is 6.68. The first-order valence-corrected chi connectivity index (χ1v) is 7.70. The summed E-state index contributed by atoms with van der Waals surface area (Å²) in [7, 11) is 0. The summed E-state index contributed by atoms with van der Waals surface area (Å²) in [5.74, 6) is 0.248. The van der Waals surface area contributed by atoms with Crippen LogP contribution < -0.4 is 0 Å². The van der Waals surface area contributed by atoms with Crippen molar-refractivity contribution in [3.8, 4) is 0 Å². The van der Waals surface area contributed by atoms with E-state index in [0.29, 0.717) is 6.42 Å². The number of ketones is 1. The van der Waals surface area contributed by atoms with Crippen LogP contribution in [0.3, 0.4) is 0 Å². The van der Waals surface area contributed by atoms with E-state index in [1.807, 2.05) is 30.3 Å². The Bertz CT molecular complexity index is 579. The first-order chi connectivity index (χ1) is 10.3. The van der Waals surface area contributed by atoms with Crippen LogP contribution in [0.15, 0.2) is 54.6 Å². The average molecular weight is 279 g/mol. The third-order valence-electron chi connectivity index (χ3n) is 4.26. The van der Waals surface area contributed by atoms with Crippen LogP contribution in [0.2, 0.25) is 0 Å². The van der Waals surface area contributed by atoms with Crippen molar-refractivity contribution >= 4 is 5.78 Å². The lowest BCUT2D eigenvalue weighted by molar-refractivity contribution is 0.0965. The zero-order valence-corrected chi connectivity index (χ0v) is 12.3. The number of hydrogen-bond donors (Lipinski definition) is 0. The quantitative estimate of drug-likeness (QED) is 0.800. The summed E-state index contributed by atoms with van der Waals surface area (Å²) >= 11 is 0. The molecule has 0 saturated heterocycles. The van der Waals surface area contributed by atoms with E-state index < -0.39 is 0 Å². The lowest BCUT2D eigenvalue weighted by Gasteiger charge is -2.19. The lowest BCUT2D eigenvalue weighted by Crippen LogP contribution is -2.29. The molecule has 0 bridgehead atoms. The normalized spacial score (nSPS) is 15.2. The minimum atomic E-state index is 0.248. The molecule has 0 aliphatic carbocycles. The smallest absolute Gasteiger partial charge is 0.164 e. The second-order valence-corrected chi connectivity index (χ2v) is 5.65. The van der Waals surface area contributed by atoms with Gasteiger partial charge in [0.1, 0.15) is 0 Å². The summed E-state index contributed by atoms with van der Waals surface area (Å²) < 4.78 is 0. The van der Waals surface area contributed by atoms with Crippen LogP contribution >= 0.6 is 0 Å². The van der Waals surface area contributed by atoms with Crippen molar-refractivity contribution < 1.29 is 4.79 Å². The minimum Gasteiger partial charge on any atom is -0.302 e. The molecule has 0 N–H and O–H groups in total. The van der Waals surface area contributed by atoms with Crippen molar-refractivity contribution in [3.63, 3.8) is 0 Å². The van der Waals surface area contributed by atoms with Crippen molar-refractivity contribution in [1.82, 2.24) is 4.90 Å². The maximum absolute atomic E-state index is 12.2. The molecule has 2 aromatic carbocycles. The summed E-state index contributed by atoms with van der Waals surface area (Å²) in [4.78, 5) is 14.6. The van der Waals surface area contributed by atoms with Gasteiger partial charge in [-0.15, -0.1) is 0 Å². The number of nitrogens with zero attached hydrogens (tertiary/aromatic N) is 1. The zero-order valence-electron chi connectivity index (χ0n) is 12.3. The number of rotatable bonds is 4. The highest BCUT2D eigenvalue weighted by atomic mass is 16.1. The van der Waals surface area contributed by atoms with Crippen molar-refractivity contribution in [2.75, 3.05) is 19.6 Å². The molecule has 0 atom stereocenters. The standard InChI is InChI=1S/C19H21NO/c21-19(18-8-2-1-3-9-18)12-15-20-13-10-16-6-4-5-7-17(16)11-14-20/h1-9H,10-15H2. The Kier molecular flexibility index (Phi) is 4.46. The third kappa shape index (κ3) is 3.59. The summed E-state index contributed by atoms with van der Waals surface area (Å²) in [5.41, 5.74) is 3.76. The Morgan fingerprint density at radius 2 is 1.43 bits per heavy atom. The van der Waals surface area contributed by atoms with E-state index in [0.717, 1.165) is 38.0 Å². The Morgan fingerprint density at radius 3 is 2.05 bits per heavy atom. The van der Waals surface area contributed by atoms with E-state index in [9.17, 15) is 4.79 Å². The van der Waals surface area contributed by atoms with Gasteiger partial charge in [0.05, 0.1) is 0 Å². The molecule has 0 aromatic heterocycles. The minimum absolute atomic E-state index is 0.248. The number of Topliss-reactive ketones (excluding diaryl/α,β-unsaturated/α-hetero) is 1. The van der Waals surface area contributed by atoms with Gasteiger partial charge in [0, 0.05) is 31.6 Å². The molecular weight excluding hydrogens is 258 g/mol. The fraction of sp³-hybridized carbons (Fsp3) is 0.316. The summed E-state index contributed by atoms with van der Waals surface area (Å²) in [6.07, 6.45) is 2.80. The van der Waals surface area contributed by atoms with Crippen LogP contribution in [0.5, 0.6) is 0 Å². The highest BCUT2D eigenvalue weighted by Crippen LogP contribution is 2.16. The Labute approximate surface area is 126 Å². The van der Waals surface area contributed by atoms with Gasteiger partial charge in [-0.05, 0) is 24.0 Å². The van der Waals surface area contributed by atoms with E-state index >= 15 is 0 Å². The summed E-state index contributed by atoms with van der Waals surface area (Å²) in [6.45, 7) is 2.97. The largest absolute Gasteiger partial charge is 0.302 e. The number of hydrogen-bond acceptors (Lipinski definition) is 2. The Morgan fingerprint density at radius 1 is 0.857 bits per heavy atom. The first kappa shape index (κ1) is 14.0. The number of fused-ring (bicyclic) bond motifs is 1. The van der Waals surface area contributed by atoms with Crippen molar-refractivity contribution in [2.24, 2.45) is 0 Å². The Balaban J connectivity index is 1.54. The molecule has 0 fully saturated rings. The van der Waals surface area contributed by atoms with Crippen LogP contribution in [-0.4, -0.2) is 30.3 Å². The molecule has 2 nitrogen and oxygen atoms in total. The third-order valence-corrected chi connectivity index (χ3v) is 4.26. The molecule has 1 aliphatic heterocycles. The number of carbonyl (C=O) groups is 1. The molecule has 0 radical (unpaired) electrons. The first-order valence-electron chi connectivity index (χ1n) is 7.70. The average Bonchev–Trinajstić information content (AvgIpc) is 2.76. The predicted octanol–water partition coefficient (Wildman–Crippen LogP) is 3.36. The maximum Gasteiger partial charge on any atom is 0.164 e. The molecule has 0 amide bonds. The van der Waals surface area contributed by atoms with Crippen LogP contribution in [0.25, 0.3) is 0 Å². The van der Waals surface area contributed by atoms with Gasteiger partial charge in [0.25, 0.3) is 0 Å². The summed E-state index contributed by atoms with van der Waals surface area (Å²) in [6, 6.07) is 18.3. The molecule has 21 heavy (non-hydrogen) atoms. The zero-order chi connectivity index (χ0) is 14.5. The molecule has 2 aromatic rings. The fourth-order valence-corrected chi connectivity index (χ4v) is 2.97. The van der Waals surface area contributed by atoms with E-state index in [1.54, 1.807) is 0 Å². The van der Waals surface area contributed by atoms with Crippen LogP contribution in [0, 0.1) is 0 Å². The molecule has 1 heterocycles. The molecule has 0 saturated carbocycles. The van der Waals surface area contributed by atoms with Gasteiger partial charge in [-0.3, -0.25) is 4.79 Å². The van der Waals surface area contributed by atoms with Crippen molar-refractivity contribution in [1.29, 1.82) is 0 Å². The highest BCUT2D eigenvalue weighted by Gasteiger charge is 2.14. The lowest BCUT2D eigenvalue weighted by atomic mass is 10.0. The van der Waals surface area contributed by atoms with E-state index in [1.165, 1.54) is 11.1 Å². The van der Waals surface area contributed by atoms with Gasteiger partial charge in [0.15, 0.2) is 5.78 Å². The van der Waals surface area contributed by atoms with Gasteiger partial charge in [-0.1, -0.05) is 54.6 Å². The topological polar surface area (TPSA) is 20.3 Å². The SMILES string of the molecule is O=C(CCN1CCc2ccccc2CC1)c1ccccc1. The van der Waals surface area contributed by atoms with E-state index in [-0.39, 0.29) is 5.78 Å². The molecule has 2 heteroatoms. The van der Waals surface area contributed by atoms with Gasteiger partial charge in [0.2, 0.25) is 0 Å². The number of carbonyl (C=O) groups excluding carboxylic acids is 1. The van der Waals surface area contributed by atoms with Crippen molar-refractivity contribution in [2.45, 2.75) is 19.3 Å². The molecular formula is C19H21NO.